The Morgan fingerprint density at radius 2 is 1.81 bits per heavy atom. The van der Waals surface area contributed by atoms with Crippen molar-refractivity contribution in [2.24, 2.45) is 0 Å². The normalized spacial score (nSPS) is 14.9. The van der Waals surface area contributed by atoms with Crippen molar-refractivity contribution in [2.75, 3.05) is 42.9 Å². The van der Waals surface area contributed by atoms with E-state index < -0.39 is 4.92 Å². The van der Waals surface area contributed by atoms with Crippen LogP contribution in [-0.2, 0) is 0 Å². The minimum atomic E-state index is -0.510. The summed E-state index contributed by atoms with van der Waals surface area (Å²) in [6.45, 7) is 7.36. The zero-order valence-electron chi connectivity index (χ0n) is 14.7. The number of hydrogen-bond donors (Lipinski definition) is 1. The number of carbonyl (C=O) groups is 1. The van der Waals surface area contributed by atoms with Crippen LogP contribution in [0.25, 0.3) is 0 Å². The van der Waals surface area contributed by atoms with Crippen molar-refractivity contribution in [3.8, 4) is 0 Å². The van der Waals surface area contributed by atoms with Crippen molar-refractivity contribution < 1.29 is 9.72 Å². The van der Waals surface area contributed by atoms with Gasteiger partial charge in [0.2, 0.25) is 0 Å². The van der Waals surface area contributed by atoms with Gasteiger partial charge < -0.3 is 15.1 Å². The van der Waals surface area contributed by atoms with Crippen molar-refractivity contribution in [1.82, 2.24) is 4.90 Å². The smallest absolute Gasteiger partial charge is 0.270 e. The molecule has 1 aliphatic heterocycles. The van der Waals surface area contributed by atoms with Crippen molar-refractivity contribution in [1.29, 1.82) is 0 Å². The summed E-state index contributed by atoms with van der Waals surface area (Å²) >= 11 is 0. The minimum Gasteiger partial charge on any atom is -0.369 e. The zero-order valence-corrected chi connectivity index (χ0v) is 14.7. The summed E-state index contributed by atoms with van der Waals surface area (Å²) in [5, 5.41) is 13.6. The lowest BCUT2D eigenvalue weighted by molar-refractivity contribution is -0.384. The summed E-state index contributed by atoms with van der Waals surface area (Å²) in [5.74, 6) is -0.363. The maximum absolute atomic E-state index is 12.3. The molecule has 0 atom stereocenters. The Kier molecular flexibility index (Phi) is 5.48. The summed E-state index contributed by atoms with van der Waals surface area (Å²) in [5.41, 5.74) is 1.96. The molecule has 0 spiro atoms. The molecule has 0 aromatic heterocycles. The number of rotatable bonds is 5. The van der Waals surface area contributed by atoms with E-state index in [1.807, 2.05) is 24.3 Å². The van der Waals surface area contributed by atoms with Crippen LogP contribution in [0.3, 0.4) is 0 Å². The first-order chi connectivity index (χ1) is 12.6. The number of piperazine rings is 1. The lowest BCUT2D eigenvalue weighted by Crippen LogP contribution is -2.46. The SMILES string of the molecule is CCN1CCN(c2ccc(NC(=O)c3cccc([N+](=O)[O-])c3)cc2)CC1. The number of amides is 1. The first kappa shape index (κ1) is 17.9. The third-order valence-electron chi connectivity index (χ3n) is 4.63. The van der Waals surface area contributed by atoms with Crippen LogP contribution in [-0.4, -0.2) is 48.5 Å². The fraction of sp³-hybridized carbons (Fsp3) is 0.316. The molecule has 1 heterocycles. The second-order valence-electron chi connectivity index (χ2n) is 6.23. The third-order valence-corrected chi connectivity index (χ3v) is 4.63. The van der Waals surface area contributed by atoms with Crippen molar-refractivity contribution in [3.63, 3.8) is 0 Å². The Balaban J connectivity index is 1.63. The van der Waals surface area contributed by atoms with Crippen LogP contribution in [0.4, 0.5) is 17.1 Å². The molecule has 7 nitrogen and oxygen atoms in total. The molecule has 0 bridgehead atoms. The average molecular weight is 354 g/mol. The molecule has 0 unspecified atom stereocenters. The highest BCUT2D eigenvalue weighted by molar-refractivity contribution is 6.04. The van der Waals surface area contributed by atoms with Gasteiger partial charge in [-0.1, -0.05) is 13.0 Å². The van der Waals surface area contributed by atoms with E-state index >= 15 is 0 Å². The Bertz CT molecular complexity index is 784. The van der Waals surface area contributed by atoms with E-state index in [-0.39, 0.29) is 17.2 Å². The molecule has 26 heavy (non-hydrogen) atoms. The van der Waals surface area contributed by atoms with Crippen LogP contribution in [0.2, 0.25) is 0 Å². The molecule has 1 amide bonds. The maximum atomic E-state index is 12.3. The van der Waals surface area contributed by atoms with E-state index in [0.29, 0.717) is 5.69 Å². The van der Waals surface area contributed by atoms with Gasteiger partial charge in [-0.2, -0.15) is 0 Å². The number of anilines is 2. The van der Waals surface area contributed by atoms with E-state index in [4.69, 9.17) is 0 Å². The van der Waals surface area contributed by atoms with Crippen LogP contribution in [0.5, 0.6) is 0 Å². The van der Waals surface area contributed by atoms with E-state index in [0.717, 1.165) is 38.4 Å². The number of nitro benzene ring substituents is 1. The third kappa shape index (κ3) is 4.18. The average Bonchev–Trinajstić information content (AvgIpc) is 2.68. The Morgan fingerprint density at radius 3 is 2.42 bits per heavy atom. The van der Waals surface area contributed by atoms with Crippen LogP contribution < -0.4 is 10.2 Å². The highest BCUT2D eigenvalue weighted by Crippen LogP contribution is 2.20. The topological polar surface area (TPSA) is 78.7 Å². The Morgan fingerprint density at radius 1 is 1.12 bits per heavy atom. The monoisotopic (exact) mass is 354 g/mol. The second kappa shape index (κ2) is 7.97. The predicted octanol–water partition coefficient (Wildman–Crippen LogP) is 2.99. The van der Waals surface area contributed by atoms with Gasteiger partial charge in [0.05, 0.1) is 4.92 Å². The van der Waals surface area contributed by atoms with Gasteiger partial charge >= 0.3 is 0 Å². The number of benzene rings is 2. The molecular formula is C19H22N4O3. The molecule has 2 aromatic rings. The Hall–Kier alpha value is -2.93. The fourth-order valence-electron chi connectivity index (χ4n) is 3.04. The standard InChI is InChI=1S/C19H22N4O3/c1-2-21-10-12-22(13-11-21)17-8-6-16(7-9-17)20-19(24)15-4-3-5-18(14-15)23(25)26/h3-9,14H,2,10-13H2,1H3,(H,20,24). The number of carbonyl (C=O) groups excluding carboxylic acids is 1. The molecule has 1 saturated heterocycles. The summed E-state index contributed by atoms with van der Waals surface area (Å²) in [6.07, 6.45) is 0. The molecule has 1 fully saturated rings. The largest absolute Gasteiger partial charge is 0.369 e. The first-order valence-electron chi connectivity index (χ1n) is 8.70. The van der Waals surface area contributed by atoms with E-state index in [9.17, 15) is 14.9 Å². The molecule has 7 heteroatoms. The summed E-state index contributed by atoms with van der Waals surface area (Å²) in [4.78, 5) is 27.4. The van der Waals surface area contributed by atoms with E-state index in [1.165, 1.54) is 18.2 Å². The molecule has 1 aliphatic rings. The van der Waals surface area contributed by atoms with Crippen molar-refractivity contribution >= 4 is 23.0 Å². The first-order valence-corrected chi connectivity index (χ1v) is 8.70. The molecular weight excluding hydrogens is 332 g/mol. The minimum absolute atomic E-state index is 0.0979. The van der Waals surface area contributed by atoms with Gasteiger partial charge in [-0.15, -0.1) is 0 Å². The lowest BCUT2D eigenvalue weighted by Gasteiger charge is -2.35. The molecule has 1 N–H and O–H groups in total. The molecule has 0 radical (unpaired) electrons. The van der Waals surface area contributed by atoms with Crippen LogP contribution >= 0.6 is 0 Å². The van der Waals surface area contributed by atoms with Crippen LogP contribution in [0.15, 0.2) is 48.5 Å². The van der Waals surface area contributed by atoms with Gasteiger partial charge in [-0.25, -0.2) is 0 Å². The van der Waals surface area contributed by atoms with E-state index in [2.05, 4.69) is 22.0 Å². The van der Waals surface area contributed by atoms with Gasteiger partial charge in [0.25, 0.3) is 11.6 Å². The lowest BCUT2D eigenvalue weighted by atomic mass is 10.1. The summed E-state index contributed by atoms with van der Waals surface area (Å²) < 4.78 is 0. The van der Waals surface area contributed by atoms with Crippen molar-refractivity contribution in [2.45, 2.75) is 6.92 Å². The number of non-ortho nitro benzene ring substituents is 1. The maximum Gasteiger partial charge on any atom is 0.270 e. The number of nitrogens with one attached hydrogen (secondary N) is 1. The number of nitrogens with zero attached hydrogens (tertiary/aromatic N) is 3. The fourth-order valence-corrected chi connectivity index (χ4v) is 3.04. The summed E-state index contributed by atoms with van der Waals surface area (Å²) in [7, 11) is 0. The molecule has 0 saturated carbocycles. The highest BCUT2D eigenvalue weighted by atomic mass is 16.6. The molecule has 2 aromatic carbocycles. The van der Waals surface area contributed by atoms with Gasteiger partial charge in [-0.05, 0) is 36.9 Å². The number of likely N-dealkylation sites (N-methyl/N-ethyl adjacent to an activating group) is 1. The van der Waals surface area contributed by atoms with Gasteiger partial charge in [0.15, 0.2) is 0 Å². The quantitative estimate of drug-likeness (QED) is 0.660. The molecule has 0 aliphatic carbocycles. The molecule has 3 rings (SSSR count). The highest BCUT2D eigenvalue weighted by Gasteiger charge is 2.16. The van der Waals surface area contributed by atoms with E-state index in [1.54, 1.807) is 6.07 Å². The summed E-state index contributed by atoms with van der Waals surface area (Å²) in [6, 6.07) is 13.4. The van der Waals surface area contributed by atoms with Gasteiger partial charge in [-0.3, -0.25) is 14.9 Å². The number of nitro groups is 1. The predicted molar refractivity (Wildman–Crippen MR) is 102 cm³/mol. The van der Waals surface area contributed by atoms with Gasteiger partial charge in [0, 0.05) is 55.2 Å². The molecule has 136 valence electrons. The van der Waals surface area contributed by atoms with Crippen molar-refractivity contribution in [3.05, 3.63) is 64.2 Å². The van der Waals surface area contributed by atoms with Crippen LogP contribution in [0.1, 0.15) is 17.3 Å². The Labute approximate surface area is 152 Å². The van der Waals surface area contributed by atoms with Gasteiger partial charge in [0.1, 0.15) is 0 Å². The second-order valence-corrected chi connectivity index (χ2v) is 6.23. The van der Waals surface area contributed by atoms with Crippen LogP contribution in [0, 0.1) is 10.1 Å². The zero-order chi connectivity index (χ0) is 18.5. The number of hydrogen-bond acceptors (Lipinski definition) is 5.